The first-order chi connectivity index (χ1) is 11.5. The molecule has 0 heterocycles. The summed E-state index contributed by atoms with van der Waals surface area (Å²) in [5.74, 6) is -1.98. The lowest BCUT2D eigenvalue weighted by molar-refractivity contribution is -0.134. The van der Waals surface area contributed by atoms with Crippen LogP contribution in [0.25, 0.3) is 17.7 Å². The van der Waals surface area contributed by atoms with Crippen LogP contribution in [-0.4, -0.2) is 24.2 Å². The van der Waals surface area contributed by atoms with Crippen molar-refractivity contribution in [2.45, 2.75) is 0 Å². The summed E-state index contributed by atoms with van der Waals surface area (Å²) in [7, 11) is 1.30. The standard InChI is InChI=1S/C19H15FO4/c1-24-18(21)11-6-13-2-4-14(5-3-13)12-17(19(22)23)15-7-9-16(20)10-8-15/h2-12H,1H3,(H,22,23)/b11-6+,17-12-. The number of benzene rings is 2. The molecule has 2 aromatic carbocycles. The largest absolute Gasteiger partial charge is 0.478 e. The molecule has 1 N–H and O–H groups in total. The SMILES string of the molecule is COC(=O)/C=C/c1ccc(/C=C(\C(=O)O)c2ccc(F)cc2)cc1. The van der Waals surface area contributed by atoms with Gasteiger partial charge in [-0.05, 0) is 41.0 Å². The summed E-state index contributed by atoms with van der Waals surface area (Å²) in [6.45, 7) is 0. The predicted octanol–water partition coefficient (Wildman–Crippen LogP) is 3.64. The first kappa shape index (κ1) is 17.1. The van der Waals surface area contributed by atoms with Gasteiger partial charge in [-0.2, -0.15) is 0 Å². The summed E-state index contributed by atoms with van der Waals surface area (Å²) in [5.41, 5.74) is 1.93. The minimum atomic E-state index is -1.10. The van der Waals surface area contributed by atoms with Gasteiger partial charge in [-0.15, -0.1) is 0 Å². The van der Waals surface area contributed by atoms with Crippen molar-refractivity contribution >= 4 is 29.7 Å². The van der Waals surface area contributed by atoms with Crippen LogP contribution >= 0.6 is 0 Å². The Balaban J connectivity index is 2.27. The van der Waals surface area contributed by atoms with Gasteiger partial charge in [0.2, 0.25) is 0 Å². The van der Waals surface area contributed by atoms with Crippen LogP contribution in [0.3, 0.4) is 0 Å². The second-order valence-electron chi connectivity index (χ2n) is 4.89. The second kappa shape index (κ2) is 7.87. The van der Waals surface area contributed by atoms with E-state index >= 15 is 0 Å². The summed E-state index contributed by atoms with van der Waals surface area (Å²) in [6.07, 6.45) is 4.40. The lowest BCUT2D eigenvalue weighted by atomic mass is 10.0. The van der Waals surface area contributed by atoms with Gasteiger partial charge >= 0.3 is 11.9 Å². The Morgan fingerprint density at radius 2 is 1.58 bits per heavy atom. The molecule has 0 unspecified atom stereocenters. The number of hydrogen-bond acceptors (Lipinski definition) is 3. The number of carboxylic acid groups (broad SMARTS) is 1. The molecule has 0 radical (unpaired) electrons. The van der Waals surface area contributed by atoms with Crippen molar-refractivity contribution in [1.29, 1.82) is 0 Å². The van der Waals surface area contributed by atoms with E-state index in [1.165, 1.54) is 43.5 Å². The molecule has 0 fully saturated rings. The van der Waals surface area contributed by atoms with Crippen molar-refractivity contribution in [3.05, 3.63) is 77.1 Å². The number of aliphatic carboxylic acids is 1. The fourth-order valence-electron chi connectivity index (χ4n) is 2.00. The highest BCUT2D eigenvalue weighted by atomic mass is 19.1. The number of carbonyl (C=O) groups excluding carboxylic acids is 1. The molecule has 0 saturated carbocycles. The maximum Gasteiger partial charge on any atom is 0.336 e. The van der Waals surface area contributed by atoms with E-state index in [0.29, 0.717) is 11.1 Å². The van der Waals surface area contributed by atoms with Crippen LogP contribution in [0.5, 0.6) is 0 Å². The van der Waals surface area contributed by atoms with Gasteiger partial charge in [0.15, 0.2) is 0 Å². The summed E-state index contributed by atoms with van der Waals surface area (Å²) in [6, 6.07) is 12.2. The summed E-state index contributed by atoms with van der Waals surface area (Å²) < 4.78 is 17.5. The van der Waals surface area contributed by atoms with Gasteiger partial charge in [0.05, 0.1) is 12.7 Å². The fraction of sp³-hybridized carbons (Fsp3) is 0.0526. The molecule has 122 valence electrons. The maximum absolute atomic E-state index is 13.0. The van der Waals surface area contributed by atoms with Crippen molar-refractivity contribution < 1.29 is 23.8 Å². The molecule has 0 aromatic heterocycles. The van der Waals surface area contributed by atoms with Crippen LogP contribution in [0, 0.1) is 5.82 Å². The quantitative estimate of drug-likeness (QED) is 0.518. The van der Waals surface area contributed by atoms with Crippen LogP contribution in [0.2, 0.25) is 0 Å². The summed E-state index contributed by atoms with van der Waals surface area (Å²) in [4.78, 5) is 22.5. The van der Waals surface area contributed by atoms with Crippen LogP contribution in [0.1, 0.15) is 16.7 Å². The predicted molar refractivity (Wildman–Crippen MR) is 89.4 cm³/mol. The molecule has 24 heavy (non-hydrogen) atoms. The zero-order valence-corrected chi connectivity index (χ0v) is 12.9. The minimum Gasteiger partial charge on any atom is -0.478 e. The van der Waals surface area contributed by atoms with E-state index in [2.05, 4.69) is 4.74 Å². The smallest absolute Gasteiger partial charge is 0.336 e. The van der Waals surface area contributed by atoms with Gasteiger partial charge in [0.1, 0.15) is 5.82 Å². The topological polar surface area (TPSA) is 63.6 Å². The first-order valence-corrected chi connectivity index (χ1v) is 7.06. The second-order valence-corrected chi connectivity index (χ2v) is 4.89. The highest BCUT2D eigenvalue weighted by Crippen LogP contribution is 2.19. The maximum atomic E-state index is 13.0. The molecule has 0 aliphatic heterocycles. The van der Waals surface area contributed by atoms with Crippen molar-refractivity contribution in [2.24, 2.45) is 0 Å². The molecule has 0 amide bonds. The molecule has 5 heteroatoms. The third-order valence-corrected chi connectivity index (χ3v) is 3.25. The molecule has 0 aliphatic rings. The minimum absolute atomic E-state index is 0.0628. The first-order valence-electron chi connectivity index (χ1n) is 7.06. The number of methoxy groups -OCH3 is 1. The van der Waals surface area contributed by atoms with E-state index in [0.717, 1.165) is 5.56 Å². The van der Waals surface area contributed by atoms with Gasteiger partial charge in [0.25, 0.3) is 0 Å². The number of esters is 1. The van der Waals surface area contributed by atoms with Crippen molar-refractivity contribution in [2.75, 3.05) is 7.11 Å². The number of hydrogen-bond donors (Lipinski definition) is 1. The van der Waals surface area contributed by atoms with E-state index in [-0.39, 0.29) is 5.57 Å². The fourth-order valence-corrected chi connectivity index (χ4v) is 2.00. The van der Waals surface area contributed by atoms with Crippen LogP contribution < -0.4 is 0 Å². The monoisotopic (exact) mass is 326 g/mol. The normalized spacial score (nSPS) is 11.5. The Morgan fingerprint density at radius 3 is 2.12 bits per heavy atom. The molecule has 2 rings (SSSR count). The molecule has 0 saturated heterocycles. The Morgan fingerprint density at radius 1 is 1.00 bits per heavy atom. The average molecular weight is 326 g/mol. The molecule has 0 aliphatic carbocycles. The average Bonchev–Trinajstić information content (AvgIpc) is 2.59. The summed E-state index contributed by atoms with van der Waals surface area (Å²) in [5, 5.41) is 9.36. The van der Waals surface area contributed by atoms with E-state index in [1.807, 2.05) is 0 Å². The number of halogens is 1. The van der Waals surface area contributed by atoms with Crippen LogP contribution in [0.4, 0.5) is 4.39 Å². The lowest BCUT2D eigenvalue weighted by Crippen LogP contribution is -1.99. The van der Waals surface area contributed by atoms with E-state index in [4.69, 9.17) is 0 Å². The number of rotatable bonds is 5. The molecule has 0 bridgehead atoms. The van der Waals surface area contributed by atoms with E-state index in [1.54, 1.807) is 30.3 Å². The third-order valence-electron chi connectivity index (χ3n) is 3.25. The highest BCUT2D eigenvalue weighted by Gasteiger charge is 2.10. The van der Waals surface area contributed by atoms with Crippen molar-refractivity contribution in [3.63, 3.8) is 0 Å². The van der Waals surface area contributed by atoms with E-state index < -0.39 is 17.8 Å². The van der Waals surface area contributed by atoms with E-state index in [9.17, 15) is 19.1 Å². The van der Waals surface area contributed by atoms with Crippen molar-refractivity contribution in [1.82, 2.24) is 0 Å². The highest BCUT2D eigenvalue weighted by molar-refractivity contribution is 6.20. The molecule has 2 aromatic rings. The molecule has 0 atom stereocenters. The van der Waals surface area contributed by atoms with Gasteiger partial charge in [-0.3, -0.25) is 0 Å². The summed E-state index contributed by atoms with van der Waals surface area (Å²) >= 11 is 0. The Bertz CT molecular complexity index is 787. The van der Waals surface area contributed by atoms with Crippen LogP contribution in [0.15, 0.2) is 54.6 Å². The van der Waals surface area contributed by atoms with Crippen molar-refractivity contribution in [3.8, 4) is 0 Å². The lowest BCUT2D eigenvalue weighted by Gasteiger charge is -2.04. The zero-order chi connectivity index (χ0) is 17.5. The molecule has 0 spiro atoms. The molecular weight excluding hydrogens is 311 g/mol. The van der Waals surface area contributed by atoms with Gasteiger partial charge in [-0.25, -0.2) is 14.0 Å². The van der Waals surface area contributed by atoms with Gasteiger partial charge in [0, 0.05) is 6.08 Å². The van der Waals surface area contributed by atoms with Gasteiger partial charge < -0.3 is 9.84 Å². The zero-order valence-electron chi connectivity index (χ0n) is 12.9. The third kappa shape index (κ3) is 4.64. The number of ether oxygens (including phenoxy) is 1. The molecular formula is C19H15FO4. The van der Waals surface area contributed by atoms with Gasteiger partial charge in [-0.1, -0.05) is 36.4 Å². The number of carboxylic acids is 1. The van der Waals surface area contributed by atoms with Crippen LogP contribution in [-0.2, 0) is 14.3 Å². The Kier molecular flexibility index (Phi) is 5.63. The molecule has 4 nitrogen and oxygen atoms in total. The Labute approximate surface area is 138 Å². The number of carbonyl (C=O) groups is 2. The Hall–Kier alpha value is -3.21.